The van der Waals surface area contributed by atoms with Gasteiger partial charge in [-0.25, -0.2) is 13.1 Å². The van der Waals surface area contributed by atoms with Crippen LogP contribution in [0, 0.1) is 5.92 Å². The van der Waals surface area contributed by atoms with Gasteiger partial charge in [0.25, 0.3) is 0 Å². The van der Waals surface area contributed by atoms with Gasteiger partial charge in [0.1, 0.15) is 0 Å². The largest absolute Gasteiger partial charge is 0.355 e. The molecule has 0 spiro atoms. The minimum absolute atomic E-state index is 0.0105. The summed E-state index contributed by atoms with van der Waals surface area (Å²) in [5.74, 6) is 0.0664. The number of sulfonamides is 1. The molecule has 0 rings (SSSR count). The van der Waals surface area contributed by atoms with Crippen molar-refractivity contribution in [1.82, 2.24) is 10.0 Å². The first-order valence-corrected chi connectivity index (χ1v) is 6.84. The van der Waals surface area contributed by atoms with Gasteiger partial charge < -0.3 is 5.32 Å². The van der Waals surface area contributed by atoms with Crippen LogP contribution >= 0.6 is 11.6 Å². The number of nitrogens with one attached hydrogen (secondary N) is 2. The van der Waals surface area contributed by atoms with E-state index in [1.165, 1.54) is 6.92 Å². The number of amides is 1. The van der Waals surface area contributed by atoms with Crippen molar-refractivity contribution in [2.24, 2.45) is 5.92 Å². The smallest absolute Gasteiger partial charge is 0.216 e. The zero-order chi connectivity index (χ0) is 11.9. The van der Waals surface area contributed by atoms with Crippen LogP contribution in [-0.4, -0.2) is 39.0 Å². The molecule has 7 heteroatoms. The van der Waals surface area contributed by atoms with E-state index in [0.29, 0.717) is 12.4 Å². The molecule has 5 nitrogen and oxygen atoms in total. The minimum atomic E-state index is -3.28. The highest BCUT2D eigenvalue weighted by Crippen LogP contribution is 2.01. The number of rotatable bonds is 7. The first-order valence-electron chi connectivity index (χ1n) is 4.65. The number of hydrogen-bond donors (Lipinski definition) is 2. The van der Waals surface area contributed by atoms with Crippen molar-refractivity contribution in [3.05, 3.63) is 0 Å². The van der Waals surface area contributed by atoms with E-state index >= 15 is 0 Å². The summed E-state index contributed by atoms with van der Waals surface area (Å²) >= 11 is 5.51. The topological polar surface area (TPSA) is 75.3 Å². The van der Waals surface area contributed by atoms with Crippen LogP contribution in [0.5, 0.6) is 0 Å². The van der Waals surface area contributed by atoms with Gasteiger partial charge in [0, 0.05) is 25.9 Å². The van der Waals surface area contributed by atoms with E-state index in [4.69, 9.17) is 11.6 Å². The number of alkyl halides is 1. The average Bonchev–Trinajstić information content (AvgIpc) is 2.11. The van der Waals surface area contributed by atoms with Gasteiger partial charge in [-0.15, -0.1) is 11.6 Å². The molecule has 0 aliphatic rings. The lowest BCUT2D eigenvalue weighted by atomic mass is 10.3. The summed E-state index contributed by atoms with van der Waals surface area (Å²) in [6.07, 6.45) is 0. The van der Waals surface area contributed by atoms with E-state index in [1.807, 2.05) is 0 Å². The maximum Gasteiger partial charge on any atom is 0.216 e. The molecule has 0 saturated heterocycles. The van der Waals surface area contributed by atoms with Crippen molar-refractivity contribution in [2.75, 3.05) is 24.7 Å². The van der Waals surface area contributed by atoms with Crippen molar-refractivity contribution in [1.29, 1.82) is 0 Å². The second-order valence-corrected chi connectivity index (χ2v) is 5.58. The van der Waals surface area contributed by atoms with Crippen LogP contribution < -0.4 is 10.0 Å². The predicted octanol–water partition coefficient (Wildman–Crippen LogP) is -0.0832. The number of carbonyl (C=O) groups excluding carboxylic acids is 1. The van der Waals surface area contributed by atoms with Crippen molar-refractivity contribution in [2.45, 2.75) is 13.8 Å². The summed E-state index contributed by atoms with van der Waals surface area (Å²) in [6.45, 7) is 3.64. The molecule has 0 aromatic carbocycles. The van der Waals surface area contributed by atoms with E-state index < -0.39 is 10.0 Å². The lowest BCUT2D eigenvalue weighted by Crippen LogP contribution is -2.36. The van der Waals surface area contributed by atoms with Crippen LogP contribution in [0.2, 0.25) is 0 Å². The lowest BCUT2D eigenvalue weighted by Gasteiger charge is -2.10. The third-order valence-electron chi connectivity index (χ3n) is 1.59. The zero-order valence-electron chi connectivity index (χ0n) is 8.92. The normalized spacial score (nSPS) is 13.5. The molecule has 1 amide bonds. The van der Waals surface area contributed by atoms with Crippen LogP contribution in [0.15, 0.2) is 0 Å². The number of carbonyl (C=O) groups is 1. The molecule has 1 unspecified atom stereocenters. The van der Waals surface area contributed by atoms with E-state index in [-0.39, 0.29) is 24.1 Å². The summed E-state index contributed by atoms with van der Waals surface area (Å²) < 4.78 is 25.1. The third-order valence-corrected chi connectivity index (χ3v) is 3.77. The SMILES string of the molecule is CC(=O)NCCNS(=O)(=O)CC(C)CCl. The predicted molar refractivity (Wildman–Crippen MR) is 60.4 cm³/mol. The molecule has 0 radical (unpaired) electrons. The second kappa shape index (κ2) is 7.03. The van der Waals surface area contributed by atoms with Gasteiger partial charge in [-0.05, 0) is 5.92 Å². The molecule has 0 fully saturated rings. The lowest BCUT2D eigenvalue weighted by molar-refractivity contribution is -0.118. The molecule has 0 aliphatic carbocycles. The van der Waals surface area contributed by atoms with Gasteiger partial charge in [0.05, 0.1) is 5.75 Å². The fourth-order valence-corrected chi connectivity index (χ4v) is 2.56. The fraction of sp³-hybridized carbons (Fsp3) is 0.875. The Morgan fingerprint density at radius 3 is 2.47 bits per heavy atom. The summed E-state index contributed by atoms with van der Waals surface area (Å²) in [5.41, 5.74) is 0. The molecular formula is C8H17ClN2O3S. The molecule has 1 atom stereocenters. The van der Waals surface area contributed by atoms with E-state index in [1.54, 1.807) is 6.92 Å². The van der Waals surface area contributed by atoms with Gasteiger partial charge in [-0.3, -0.25) is 4.79 Å². The molecule has 90 valence electrons. The number of halogens is 1. The maximum atomic E-state index is 11.4. The van der Waals surface area contributed by atoms with Gasteiger partial charge in [-0.1, -0.05) is 6.92 Å². The van der Waals surface area contributed by atoms with Crippen molar-refractivity contribution in [3.8, 4) is 0 Å². The molecule has 0 saturated carbocycles. The molecule has 0 bridgehead atoms. The van der Waals surface area contributed by atoms with Gasteiger partial charge in [-0.2, -0.15) is 0 Å². The molecule has 0 heterocycles. The van der Waals surface area contributed by atoms with Crippen LogP contribution in [0.3, 0.4) is 0 Å². The van der Waals surface area contributed by atoms with E-state index in [9.17, 15) is 13.2 Å². The Labute approximate surface area is 95.6 Å². The van der Waals surface area contributed by atoms with Crippen LogP contribution in [-0.2, 0) is 14.8 Å². The molecule has 0 aromatic rings. The molecule has 0 aromatic heterocycles. The standard InChI is InChI=1S/C8H17ClN2O3S/c1-7(5-9)6-15(13,14)11-4-3-10-8(2)12/h7,11H,3-6H2,1-2H3,(H,10,12). The Morgan fingerprint density at radius 2 is 2.00 bits per heavy atom. The monoisotopic (exact) mass is 256 g/mol. The first-order chi connectivity index (χ1) is 6.87. The second-order valence-electron chi connectivity index (χ2n) is 3.42. The Bertz CT molecular complexity index is 292. The highest BCUT2D eigenvalue weighted by atomic mass is 35.5. The third kappa shape index (κ3) is 8.65. The quantitative estimate of drug-likeness (QED) is 0.494. The van der Waals surface area contributed by atoms with E-state index in [0.717, 1.165) is 0 Å². The van der Waals surface area contributed by atoms with Gasteiger partial charge >= 0.3 is 0 Å². The summed E-state index contributed by atoms with van der Waals surface area (Å²) in [4.78, 5) is 10.5. The minimum Gasteiger partial charge on any atom is -0.355 e. The Balaban J connectivity index is 3.80. The van der Waals surface area contributed by atoms with Crippen molar-refractivity contribution >= 4 is 27.5 Å². The Morgan fingerprint density at radius 1 is 1.40 bits per heavy atom. The first kappa shape index (κ1) is 14.7. The van der Waals surface area contributed by atoms with Crippen molar-refractivity contribution < 1.29 is 13.2 Å². The summed E-state index contributed by atoms with van der Waals surface area (Å²) in [7, 11) is -3.28. The highest BCUT2D eigenvalue weighted by molar-refractivity contribution is 7.89. The van der Waals surface area contributed by atoms with Crippen LogP contribution in [0.25, 0.3) is 0 Å². The van der Waals surface area contributed by atoms with Crippen LogP contribution in [0.4, 0.5) is 0 Å². The Hall–Kier alpha value is -0.330. The van der Waals surface area contributed by atoms with Crippen molar-refractivity contribution in [3.63, 3.8) is 0 Å². The molecular weight excluding hydrogens is 240 g/mol. The van der Waals surface area contributed by atoms with E-state index in [2.05, 4.69) is 10.0 Å². The fourth-order valence-electron chi connectivity index (χ4n) is 0.923. The zero-order valence-corrected chi connectivity index (χ0v) is 10.5. The molecule has 15 heavy (non-hydrogen) atoms. The van der Waals surface area contributed by atoms with Gasteiger partial charge in [0.2, 0.25) is 15.9 Å². The number of hydrogen-bond acceptors (Lipinski definition) is 3. The summed E-state index contributed by atoms with van der Waals surface area (Å²) in [6, 6.07) is 0. The van der Waals surface area contributed by atoms with Gasteiger partial charge in [0.15, 0.2) is 0 Å². The summed E-state index contributed by atoms with van der Waals surface area (Å²) in [5, 5.41) is 2.49. The Kier molecular flexibility index (Phi) is 6.87. The van der Waals surface area contributed by atoms with Crippen LogP contribution in [0.1, 0.15) is 13.8 Å². The maximum absolute atomic E-state index is 11.4. The molecule has 0 aliphatic heterocycles. The molecule has 2 N–H and O–H groups in total. The average molecular weight is 257 g/mol. The highest BCUT2D eigenvalue weighted by Gasteiger charge is 2.13.